The maximum Gasteiger partial charge on any atom is 0.275 e. The molecule has 2 aromatic rings. The molecular formula is C15H15ClN2O3. The topological polar surface area (TPSA) is 68.3 Å². The van der Waals surface area contributed by atoms with Crippen LogP contribution in [0.3, 0.4) is 0 Å². The highest BCUT2D eigenvalue weighted by Gasteiger charge is 2.31. The molecule has 0 saturated heterocycles. The molecule has 0 bridgehead atoms. The monoisotopic (exact) mass is 306 g/mol. The molecule has 5 nitrogen and oxygen atoms in total. The van der Waals surface area contributed by atoms with Crippen molar-refractivity contribution in [1.29, 1.82) is 0 Å². The van der Waals surface area contributed by atoms with Crippen molar-refractivity contribution in [2.45, 2.75) is 25.5 Å². The summed E-state index contributed by atoms with van der Waals surface area (Å²) in [6.07, 6.45) is 5.32. The van der Waals surface area contributed by atoms with Crippen LogP contribution in [0.2, 0.25) is 5.02 Å². The Morgan fingerprint density at radius 3 is 2.86 bits per heavy atom. The predicted molar refractivity (Wildman–Crippen MR) is 79.3 cm³/mol. The number of nitrogens with zero attached hydrogens (tertiary/aromatic N) is 2. The Balaban J connectivity index is 1.85. The summed E-state index contributed by atoms with van der Waals surface area (Å²) in [5.41, 5.74) is 1.35. The number of nitro groups is 1. The van der Waals surface area contributed by atoms with Gasteiger partial charge < -0.3 is 9.67 Å². The third-order valence-electron chi connectivity index (χ3n) is 3.81. The first-order valence-corrected chi connectivity index (χ1v) is 7.19. The minimum atomic E-state index is -0.438. The average molecular weight is 307 g/mol. The van der Waals surface area contributed by atoms with Crippen LogP contribution in [-0.4, -0.2) is 14.6 Å². The molecule has 1 aliphatic rings. The number of halogens is 1. The maximum atomic E-state index is 11.1. The van der Waals surface area contributed by atoms with E-state index in [9.17, 15) is 15.2 Å². The van der Waals surface area contributed by atoms with Crippen molar-refractivity contribution in [3.8, 4) is 0 Å². The van der Waals surface area contributed by atoms with Crippen LogP contribution in [0.5, 0.6) is 0 Å². The third-order valence-corrected chi connectivity index (χ3v) is 4.17. The summed E-state index contributed by atoms with van der Waals surface area (Å²) in [7, 11) is 0. The lowest BCUT2D eigenvalue weighted by molar-refractivity contribution is -0.385. The zero-order valence-corrected chi connectivity index (χ0v) is 12.0. The summed E-state index contributed by atoms with van der Waals surface area (Å²) in [5, 5.41) is 21.5. The molecule has 6 heteroatoms. The zero-order chi connectivity index (χ0) is 15.0. The SMILES string of the molecule is O=[N+]([O-])c1cccc(Cl)c1Cn1ccc(C(O)C2CC2)c1. The molecule has 3 rings (SSSR count). The second kappa shape index (κ2) is 5.50. The summed E-state index contributed by atoms with van der Waals surface area (Å²) < 4.78 is 1.81. The van der Waals surface area contributed by atoms with Crippen molar-refractivity contribution < 1.29 is 10.0 Å². The van der Waals surface area contributed by atoms with E-state index in [1.54, 1.807) is 12.1 Å². The summed E-state index contributed by atoms with van der Waals surface area (Å²) in [6.45, 7) is 0.313. The number of hydrogen-bond donors (Lipinski definition) is 1. The second-order valence-corrected chi connectivity index (χ2v) is 5.80. The smallest absolute Gasteiger partial charge is 0.275 e. The Kier molecular flexibility index (Phi) is 3.69. The zero-order valence-electron chi connectivity index (χ0n) is 11.3. The van der Waals surface area contributed by atoms with E-state index in [1.807, 2.05) is 23.0 Å². The predicted octanol–water partition coefficient (Wildman–Crippen LogP) is 3.54. The first kappa shape index (κ1) is 14.1. The van der Waals surface area contributed by atoms with Crippen LogP contribution in [0.15, 0.2) is 36.7 Å². The van der Waals surface area contributed by atoms with Gasteiger partial charge >= 0.3 is 0 Å². The molecule has 0 spiro atoms. The standard InChI is InChI=1S/C15H15ClN2O3/c16-13-2-1-3-14(18(20)21)12(13)9-17-7-6-11(8-17)15(19)10-4-5-10/h1-3,6-8,10,15,19H,4-5,9H2. The molecule has 1 fully saturated rings. The first-order chi connectivity index (χ1) is 10.1. The number of aliphatic hydroxyl groups is 1. The van der Waals surface area contributed by atoms with Gasteiger partial charge in [-0.15, -0.1) is 0 Å². The summed E-state index contributed by atoms with van der Waals surface area (Å²) >= 11 is 6.09. The molecule has 110 valence electrons. The van der Waals surface area contributed by atoms with Crippen molar-refractivity contribution in [3.05, 3.63) is 62.9 Å². The average Bonchev–Trinajstić information content (AvgIpc) is 3.20. The van der Waals surface area contributed by atoms with E-state index in [0.29, 0.717) is 23.0 Å². The van der Waals surface area contributed by atoms with Gasteiger partial charge in [-0.3, -0.25) is 10.1 Å². The summed E-state index contributed by atoms with van der Waals surface area (Å²) in [5.74, 6) is 0.357. The molecule has 21 heavy (non-hydrogen) atoms. The molecule has 1 aromatic carbocycles. The molecule has 1 aliphatic carbocycles. The maximum absolute atomic E-state index is 11.1. The van der Waals surface area contributed by atoms with Gasteiger partial charge in [0.15, 0.2) is 0 Å². The van der Waals surface area contributed by atoms with Crippen molar-refractivity contribution >= 4 is 17.3 Å². The number of nitro benzene ring substituents is 1. The normalized spacial score (nSPS) is 15.9. The Hall–Kier alpha value is -1.85. The van der Waals surface area contributed by atoms with Gasteiger partial charge in [-0.05, 0) is 36.5 Å². The van der Waals surface area contributed by atoms with E-state index < -0.39 is 11.0 Å². The highest BCUT2D eigenvalue weighted by molar-refractivity contribution is 6.31. The van der Waals surface area contributed by atoms with E-state index in [0.717, 1.165) is 18.4 Å². The van der Waals surface area contributed by atoms with Gasteiger partial charge in [0, 0.05) is 18.5 Å². The van der Waals surface area contributed by atoms with Crippen molar-refractivity contribution in [2.75, 3.05) is 0 Å². The van der Waals surface area contributed by atoms with Gasteiger partial charge in [-0.25, -0.2) is 0 Å². The quantitative estimate of drug-likeness (QED) is 0.678. The molecule has 1 heterocycles. The number of benzene rings is 1. The summed E-state index contributed by atoms with van der Waals surface area (Å²) in [4.78, 5) is 10.6. The minimum Gasteiger partial charge on any atom is -0.388 e. The Morgan fingerprint density at radius 1 is 1.43 bits per heavy atom. The third kappa shape index (κ3) is 2.94. The fraction of sp³-hybridized carbons (Fsp3) is 0.333. The second-order valence-electron chi connectivity index (χ2n) is 5.39. The molecule has 0 aliphatic heterocycles. The van der Waals surface area contributed by atoms with E-state index in [-0.39, 0.29) is 5.69 Å². The van der Waals surface area contributed by atoms with Gasteiger partial charge in [-0.2, -0.15) is 0 Å². The van der Waals surface area contributed by atoms with E-state index in [1.165, 1.54) is 6.07 Å². The molecule has 0 amide bonds. The van der Waals surface area contributed by atoms with Crippen LogP contribution in [-0.2, 0) is 6.54 Å². The van der Waals surface area contributed by atoms with Crippen LogP contribution in [0.1, 0.15) is 30.1 Å². The van der Waals surface area contributed by atoms with Gasteiger partial charge in [-0.1, -0.05) is 17.7 Å². The van der Waals surface area contributed by atoms with E-state index >= 15 is 0 Å². The molecule has 1 atom stereocenters. The first-order valence-electron chi connectivity index (χ1n) is 6.82. The molecular weight excluding hydrogens is 292 g/mol. The van der Waals surface area contributed by atoms with Gasteiger partial charge in [0.1, 0.15) is 0 Å². The van der Waals surface area contributed by atoms with Crippen molar-refractivity contribution in [2.24, 2.45) is 5.92 Å². The van der Waals surface area contributed by atoms with Crippen LogP contribution in [0.4, 0.5) is 5.69 Å². The fourth-order valence-electron chi connectivity index (χ4n) is 2.47. The van der Waals surface area contributed by atoms with E-state index in [2.05, 4.69) is 0 Å². The van der Waals surface area contributed by atoms with Gasteiger partial charge in [0.05, 0.1) is 28.2 Å². The van der Waals surface area contributed by atoms with Crippen LogP contribution in [0.25, 0.3) is 0 Å². The van der Waals surface area contributed by atoms with Gasteiger partial charge in [0.25, 0.3) is 5.69 Å². The Bertz CT molecular complexity index is 679. The largest absolute Gasteiger partial charge is 0.388 e. The van der Waals surface area contributed by atoms with Crippen LogP contribution < -0.4 is 0 Å². The number of rotatable bonds is 5. The molecule has 1 unspecified atom stereocenters. The highest BCUT2D eigenvalue weighted by Crippen LogP contribution is 2.41. The number of aliphatic hydroxyl groups excluding tert-OH is 1. The summed E-state index contributed by atoms with van der Waals surface area (Å²) in [6, 6.07) is 6.52. The minimum absolute atomic E-state index is 0.0143. The number of hydrogen-bond acceptors (Lipinski definition) is 3. The molecule has 1 saturated carbocycles. The Morgan fingerprint density at radius 2 is 2.19 bits per heavy atom. The van der Waals surface area contributed by atoms with Crippen molar-refractivity contribution in [3.63, 3.8) is 0 Å². The Labute approximate surface area is 126 Å². The van der Waals surface area contributed by atoms with Gasteiger partial charge in [0.2, 0.25) is 0 Å². The highest BCUT2D eigenvalue weighted by atomic mass is 35.5. The lowest BCUT2D eigenvalue weighted by Crippen LogP contribution is -2.03. The van der Waals surface area contributed by atoms with Crippen LogP contribution in [0, 0.1) is 16.0 Å². The van der Waals surface area contributed by atoms with E-state index in [4.69, 9.17) is 11.6 Å². The number of aromatic nitrogens is 1. The fourth-order valence-corrected chi connectivity index (χ4v) is 2.70. The lowest BCUT2D eigenvalue weighted by atomic mass is 10.1. The molecule has 1 aromatic heterocycles. The molecule has 1 N–H and O–H groups in total. The van der Waals surface area contributed by atoms with Crippen molar-refractivity contribution in [1.82, 2.24) is 4.57 Å². The lowest BCUT2D eigenvalue weighted by Gasteiger charge is -2.08. The molecule has 0 radical (unpaired) electrons. The van der Waals surface area contributed by atoms with Crippen LogP contribution >= 0.6 is 11.6 Å².